The van der Waals surface area contributed by atoms with Crippen LogP contribution < -0.4 is 10.6 Å². The molecule has 0 saturated carbocycles. The molecule has 15 heavy (non-hydrogen) atoms. The van der Waals surface area contributed by atoms with E-state index in [1.165, 1.54) is 6.20 Å². The van der Waals surface area contributed by atoms with Gasteiger partial charge in [0.2, 0.25) is 0 Å². The molecule has 2 N–H and O–H groups in total. The molecule has 0 aromatic carbocycles. The minimum atomic E-state index is -4.43. The van der Waals surface area contributed by atoms with Gasteiger partial charge in [-0.25, -0.2) is 0 Å². The third-order valence-corrected chi connectivity index (χ3v) is 1.89. The zero-order chi connectivity index (χ0) is 11.5. The first-order valence-electron chi connectivity index (χ1n) is 4.25. The summed E-state index contributed by atoms with van der Waals surface area (Å²) in [5, 5.41) is 5.40. The molecule has 0 aromatic heterocycles. The summed E-state index contributed by atoms with van der Waals surface area (Å²) in [5.41, 5.74) is -0.0449. The third-order valence-electron chi connectivity index (χ3n) is 1.89. The molecule has 4 nitrogen and oxygen atoms in total. The molecule has 1 aliphatic rings. The largest absolute Gasteiger partial charge is 0.418 e. The van der Waals surface area contributed by atoms with E-state index in [0.717, 1.165) is 13.3 Å². The second-order valence-corrected chi connectivity index (χ2v) is 2.94. The van der Waals surface area contributed by atoms with Gasteiger partial charge in [-0.15, -0.1) is 0 Å². The zero-order valence-corrected chi connectivity index (χ0v) is 8.30. The van der Waals surface area contributed by atoms with Gasteiger partial charge in [-0.05, 0) is 7.05 Å². The van der Waals surface area contributed by atoms with E-state index in [4.69, 9.17) is 0 Å². The number of halogens is 3. The fourth-order valence-corrected chi connectivity index (χ4v) is 1.18. The monoisotopic (exact) mass is 223 g/mol. The Bertz CT molecular complexity index is 275. The van der Waals surface area contributed by atoms with Crippen molar-refractivity contribution >= 4 is 6.21 Å². The van der Waals surface area contributed by atoms with Gasteiger partial charge in [-0.3, -0.25) is 10.3 Å². The number of rotatable bonds is 3. The van der Waals surface area contributed by atoms with E-state index in [1.54, 1.807) is 7.05 Å². The van der Waals surface area contributed by atoms with Gasteiger partial charge < -0.3 is 10.1 Å². The molecule has 7 heteroatoms. The van der Waals surface area contributed by atoms with Crippen LogP contribution in [0.25, 0.3) is 0 Å². The molecule has 2 atom stereocenters. The van der Waals surface area contributed by atoms with Gasteiger partial charge in [0, 0.05) is 25.1 Å². The Balaban J connectivity index is 2.73. The normalized spacial score (nSPS) is 23.3. The first kappa shape index (κ1) is 12.0. The van der Waals surface area contributed by atoms with Gasteiger partial charge in [0.05, 0.1) is 0 Å². The maximum Gasteiger partial charge on any atom is 0.418 e. The van der Waals surface area contributed by atoms with Gasteiger partial charge in [0.25, 0.3) is 0 Å². The Labute approximate surface area is 85.2 Å². The van der Waals surface area contributed by atoms with Gasteiger partial charge in [0.15, 0.2) is 12.4 Å². The van der Waals surface area contributed by atoms with Crippen molar-refractivity contribution in [2.45, 2.75) is 18.6 Å². The lowest BCUT2D eigenvalue weighted by atomic mass is 10.1. The quantitative estimate of drug-likeness (QED) is 0.737. The first-order valence-corrected chi connectivity index (χ1v) is 4.25. The number of nitrogens with zero attached hydrogens (tertiary/aromatic N) is 1. The summed E-state index contributed by atoms with van der Waals surface area (Å²) in [5.74, 6) is 0. The van der Waals surface area contributed by atoms with Crippen LogP contribution in [0.2, 0.25) is 0 Å². The number of nitrogens with one attached hydrogen (secondary N) is 2. The average Bonchev–Trinajstić information content (AvgIpc) is 2.18. The van der Waals surface area contributed by atoms with E-state index in [9.17, 15) is 13.2 Å². The van der Waals surface area contributed by atoms with E-state index in [2.05, 4.69) is 20.4 Å². The highest BCUT2D eigenvalue weighted by atomic mass is 19.4. The van der Waals surface area contributed by atoms with E-state index in [-0.39, 0.29) is 11.9 Å². The lowest BCUT2D eigenvalue weighted by Gasteiger charge is -2.23. The standard InChI is InChI=1S/C8H12F3N3O/c1-12-7-13-3-5(4-14-7)6(15-2)8(9,10)11/h3-4,6-7,12-13H,1-2H3. The molecule has 0 spiro atoms. The molecule has 1 rings (SSSR count). The predicted octanol–water partition coefficient (Wildman–Crippen LogP) is 0.625. The number of hydrogen-bond acceptors (Lipinski definition) is 4. The number of aliphatic imine (C=N–C) groups is 1. The molecule has 2 unspecified atom stereocenters. The van der Waals surface area contributed by atoms with Crippen molar-refractivity contribution in [3.63, 3.8) is 0 Å². The van der Waals surface area contributed by atoms with E-state index < -0.39 is 12.3 Å². The van der Waals surface area contributed by atoms with Crippen LogP contribution in [0.3, 0.4) is 0 Å². The molecule has 0 bridgehead atoms. The Hall–Kier alpha value is -1.08. The fraction of sp³-hybridized carbons (Fsp3) is 0.625. The first-order chi connectivity index (χ1) is 6.99. The summed E-state index contributed by atoms with van der Waals surface area (Å²) in [6.45, 7) is 0. The Kier molecular flexibility index (Phi) is 3.70. The lowest BCUT2D eigenvalue weighted by molar-refractivity contribution is -0.198. The Morgan fingerprint density at radius 2 is 2.27 bits per heavy atom. The fourth-order valence-electron chi connectivity index (χ4n) is 1.18. The van der Waals surface area contributed by atoms with E-state index in [1.807, 2.05) is 0 Å². The molecule has 1 aliphatic heterocycles. The van der Waals surface area contributed by atoms with Crippen LogP contribution in [0.5, 0.6) is 0 Å². The molecule has 0 radical (unpaired) electrons. The van der Waals surface area contributed by atoms with Crippen LogP contribution in [0.4, 0.5) is 13.2 Å². The average molecular weight is 223 g/mol. The Morgan fingerprint density at radius 3 is 2.60 bits per heavy atom. The van der Waals surface area contributed by atoms with Gasteiger partial charge in [-0.1, -0.05) is 0 Å². The lowest BCUT2D eigenvalue weighted by Crippen LogP contribution is -2.41. The second-order valence-electron chi connectivity index (χ2n) is 2.94. The topological polar surface area (TPSA) is 45.7 Å². The highest BCUT2D eigenvalue weighted by Gasteiger charge is 2.42. The molecule has 0 aliphatic carbocycles. The molecular formula is C8H12F3N3O. The number of alkyl halides is 3. The number of methoxy groups -OCH3 is 1. The van der Waals surface area contributed by atoms with Crippen LogP contribution in [-0.4, -0.2) is 38.9 Å². The summed E-state index contributed by atoms with van der Waals surface area (Å²) in [6, 6.07) is 0. The third kappa shape index (κ3) is 2.93. The number of hydrogen-bond donors (Lipinski definition) is 2. The molecular weight excluding hydrogens is 211 g/mol. The maximum absolute atomic E-state index is 12.4. The van der Waals surface area contributed by atoms with Gasteiger partial charge in [0.1, 0.15) is 0 Å². The molecule has 0 amide bonds. The minimum Gasteiger partial charge on any atom is -0.367 e. The highest BCUT2D eigenvalue weighted by Crippen LogP contribution is 2.27. The second kappa shape index (κ2) is 4.63. The van der Waals surface area contributed by atoms with Crippen LogP contribution in [0.15, 0.2) is 16.8 Å². The predicted molar refractivity (Wildman–Crippen MR) is 49.4 cm³/mol. The van der Waals surface area contributed by atoms with Crippen molar-refractivity contribution in [2.24, 2.45) is 4.99 Å². The molecule has 86 valence electrons. The van der Waals surface area contributed by atoms with Crippen LogP contribution >= 0.6 is 0 Å². The van der Waals surface area contributed by atoms with E-state index in [0.29, 0.717) is 0 Å². The van der Waals surface area contributed by atoms with Gasteiger partial charge in [-0.2, -0.15) is 13.2 Å². The van der Waals surface area contributed by atoms with Crippen molar-refractivity contribution in [1.82, 2.24) is 10.6 Å². The maximum atomic E-state index is 12.4. The summed E-state index contributed by atoms with van der Waals surface area (Å²) in [7, 11) is 2.66. The summed E-state index contributed by atoms with van der Waals surface area (Å²) in [4.78, 5) is 3.82. The summed E-state index contributed by atoms with van der Waals surface area (Å²) < 4.78 is 41.6. The van der Waals surface area contributed by atoms with Crippen molar-refractivity contribution < 1.29 is 17.9 Å². The summed E-state index contributed by atoms with van der Waals surface area (Å²) >= 11 is 0. The minimum absolute atomic E-state index is 0.0449. The molecule has 1 heterocycles. The SMILES string of the molecule is CNC1N=CC(C(OC)C(F)(F)F)=CN1. The van der Waals surface area contributed by atoms with Crippen LogP contribution in [0.1, 0.15) is 0 Å². The Morgan fingerprint density at radius 1 is 1.60 bits per heavy atom. The van der Waals surface area contributed by atoms with Crippen molar-refractivity contribution in [1.29, 1.82) is 0 Å². The van der Waals surface area contributed by atoms with Crippen LogP contribution in [-0.2, 0) is 4.74 Å². The van der Waals surface area contributed by atoms with Gasteiger partial charge >= 0.3 is 6.18 Å². The zero-order valence-electron chi connectivity index (χ0n) is 8.30. The van der Waals surface area contributed by atoms with Crippen molar-refractivity contribution in [3.8, 4) is 0 Å². The van der Waals surface area contributed by atoms with Crippen LogP contribution in [0, 0.1) is 0 Å². The summed E-state index contributed by atoms with van der Waals surface area (Å²) in [6.07, 6.45) is -4.36. The molecule has 0 aromatic rings. The highest BCUT2D eigenvalue weighted by molar-refractivity contribution is 5.80. The van der Waals surface area contributed by atoms with E-state index >= 15 is 0 Å². The molecule has 0 fully saturated rings. The smallest absolute Gasteiger partial charge is 0.367 e. The number of ether oxygens (including phenoxy) is 1. The van der Waals surface area contributed by atoms with Crippen molar-refractivity contribution in [2.75, 3.05) is 14.2 Å². The molecule has 0 saturated heterocycles. The van der Waals surface area contributed by atoms with Crippen molar-refractivity contribution in [3.05, 3.63) is 11.8 Å².